The Bertz CT molecular complexity index is 864. The highest BCUT2D eigenvalue weighted by Gasteiger charge is 2.12. The summed E-state index contributed by atoms with van der Waals surface area (Å²) in [5, 5.41) is 3.68. The van der Waals surface area contributed by atoms with E-state index in [1.54, 1.807) is 13.2 Å². The minimum absolute atomic E-state index is 0.376. The molecule has 21 heavy (non-hydrogen) atoms. The maximum Gasteiger partial charge on any atom is 0.345 e. The summed E-state index contributed by atoms with van der Waals surface area (Å²) in [4.78, 5) is 16.5. The van der Waals surface area contributed by atoms with Crippen molar-refractivity contribution in [1.29, 1.82) is 0 Å². The Labute approximate surface area is 126 Å². The van der Waals surface area contributed by atoms with E-state index in [2.05, 4.69) is 11.9 Å². The Morgan fingerprint density at radius 1 is 1.33 bits per heavy atom. The molecule has 0 bridgehead atoms. The summed E-state index contributed by atoms with van der Waals surface area (Å²) in [6.45, 7) is 3.98. The van der Waals surface area contributed by atoms with E-state index in [1.165, 1.54) is 11.3 Å². The number of hydrogen-bond acceptors (Lipinski definition) is 5. The number of aryl methyl sites for hydroxylation is 2. The lowest BCUT2D eigenvalue weighted by Crippen LogP contribution is -2.03. The van der Waals surface area contributed by atoms with Crippen LogP contribution in [0.2, 0.25) is 0 Å². The molecule has 1 aromatic carbocycles. The van der Waals surface area contributed by atoms with Crippen molar-refractivity contribution in [2.45, 2.75) is 20.3 Å². The van der Waals surface area contributed by atoms with Crippen molar-refractivity contribution in [2.75, 3.05) is 7.11 Å². The molecule has 108 valence electrons. The first kappa shape index (κ1) is 13.8. The number of methoxy groups -OCH3 is 1. The first-order chi connectivity index (χ1) is 10.1. The molecule has 0 radical (unpaired) electrons. The predicted octanol–water partition coefficient (Wildman–Crippen LogP) is 3.80. The van der Waals surface area contributed by atoms with Crippen molar-refractivity contribution in [3.8, 4) is 17.0 Å². The first-order valence-electron chi connectivity index (χ1n) is 6.69. The molecule has 0 unspecified atom stereocenters. The van der Waals surface area contributed by atoms with Crippen LogP contribution in [-0.2, 0) is 6.42 Å². The fourth-order valence-corrected chi connectivity index (χ4v) is 2.94. The normalized spacial score (nSPS) is 11.0. The molecule has 5 heteroatoms. The summed E-state index contributed by atoms with van der Waals surface area (Å²) in [6.07, 6.45) is 0.851. The van der Waals surface area contributed by atoms with E-state index < -0.39 is 0 Å². The van der Waals surface area contributed by atoms with Gasteiger partial charge in [0.05, 0.1) is 23.4 Å². The smallest absolute Gasteiger partial charge is 0.345 e. The molecule has 0 amide bonds. The van der Waals surface area contributed by atoms with Gasteiger partial charge in [0.2, 0.25) is 0 Å². The second-order valence-electron chi connectivity index (χ2n) is 4.75. The van der Waals surface area contributed by atoms with Gasteiger partial charge in [0.1, 0.15) is 11.3 Å². The van der Waals surface area contributed by atoms with Gasteiger partial charge < -0.3 is 9.15 Å². The average molecular weight is 301 g/mol. The molecule has 3 rings (SSSR count). The van der Waals surface area contributed by atoms with Crippen molar-refractivity contribution in [3.63, 3.8) is 0 Å². The van der Waals surface area contributed by atoms with E-state index in [1.807, 2.05) is 24.4 Å². The Kier molecular flexibility index (Phi) is 3.51. The highest BCUT2D eigenvalue weighted by Crippen LogP contribution is 2.28. The van der Waals surface area contributed by atoms with Gasteiger partial charge in [0.25, 0.3) is 0 Å². The van der Waals surface area contributed by atoms with Crippen molar-refractivity contribution in [1.82, 2.24) is 4.98 Å². The molecule has 0 aliphatic rings. The average Bonchev–Trinajstić information content (AvgIpc) is 2.91. The lowest BCUT2D eigenvalue weighted by Gasteiger charge is -2.08. The first-order valence-corrected chi connectivity index (χ1v) is 7.57. The highest BCUT2D eigenvalue weighted by atomic mass is 32.1. The second kappa shape index (κ2) is 5.33. The summed E-state index contributed by atoms with van der Waals surface area (Å²) in [5.74, 6) is 0.741. The lowest BCUT2D eigenvalue weighted by molar-refractivity contribution is 0.409. The van der Waals surface area contributed by atoms with Crippen LogP contribution in [0.1, 0.15) is 17.5 Å². The lowest BCUT2D eigenvalue weighted by atomic mass is 10.1. The molecule has 2 heterocycles. The third-order valence-electron chi connectivity index (χ3n) is 3.41. The van der Waals surface area contributed by atoms with E-state index in [0.29, 0.717) is 16.8 Å². The predicted molar refractivity (Wildman–Crippen MR) is 84.3 cm³/mol. The van der Waals surface area contributed by atoms with Crippen LogP contribution in [0.3, 0.4) is 0 Å². The Morgan fingerprint density at radius 3 is 2.76 bits per heavy atom. The van der Waals surface area contributed by atoms with Crippen molar-refractivity contribution >= 4 is 22.3 Å². The summed E-state index contributed by atoms with van der Waals surface area (Å²) >= 11 is 1.52. The molecule has 0 aliphatic heterocycles. The largest absolute Gasteiger partial charge is 0.496 e. The SMILES string of the molecule is CCc1cc2cc(-c3csc(C)n3)c(=O)oc2cc1OC. The van der Waals surface area contributed by atoms with Crippen molar-refractivity contribution < 1.29 is 9.15 Å². The number of thiazole rings is 1. The van der Waals surface area contributed by atoms with Crippen LogP contribution in [0, 0.1) is 6.92 Å². The quantitative estimate of drug-likeness (QED) is 0.691. The van der Waals surface area contributed by atoms with E-state index in [0.717, 1.165) is 28.1 Å². The van der Waals surface area contributed by atoms with Crippen LogP contribution in [0.25, 0.3) is 22.2 Å². The molecule has 0 fully saturated rings. The van der Waals surface area contributed by atoms with Gasteiger partial charge in [0.15, 0.2) is 0 Å². The monoisotopic (exact) mass is 301 g/mol. The summed E-state index contributed by atoms with van der Waals surface area (Å²) < 4.78 is 10.8. The van der Waals surface area contributed by atoms with Crippen molar-refractivity contribution in [2.24, 2.45) is 0 Å². The van der Waals surface area contributed by atoms with Gasteiger partial charge in [-0.05, 0) is 31.0 Å². The number of rotatable bonds is 3. The second-order valence-corrected chi connectivity index (χ2v) is 5.82. The van der Waals surface area contributed by atoms with Crippen LogP contribution < -0.4 is 10.4 Å². The van der Waals surface area contributed by atoms with Gasteiger partial charge >= 0.3 is 5.63 Å². The van der Waals surface area contributed by atoms with Gasteiger partial charge in [-0.15, -0.1) is 11.3 Å². The Morgan fingerprint density at radius 2 is 2.14 bits per heavy atom. The zero-order valence-electron chi connectivity index (χ0n) is 12.1. The molecule has 2 aromatic heterocycles. The standard InChI is InChI=1S/C16H15NO3S/c1-4-10-5-11-6-12(13-8-21-9(2)17-13)16(18)20-15(11)7-14(10)19-3/h5-8H,4H2,1-3H3. The number of ether oxygens (including phenoxy) is 1. The number of benzene rings is 1. The van der Waals surface area contributed by atoms with Crippen molar-refractivity contribution in [3.05, 3.63) is 44.6 Å². The third kappa shape index (κ3) is 2.45. The zero-order chi connectivity index (χ0) is 15.0. The van der Waals surface area contributed by atoms with Crippen LogP contribution >= 0.6 is 11.3 Å². The summed E-state index contributed by atoms with van der Waals surface area (Å²) in [6, 6.07) is 5.61. The third-order valence-corrected chi connectivity index (χ3v) is 4.18. The molecule has 0 N–H and O–H groups in total. The molecular weight excluding hydrogens is 286 g/mol. The fraction of sp³-hybridized carbons (Fsp3) is 0.250. The van der Waals surface area contributed by atoms with Gasteiger partial charge in [0, 0.05) is 16.8 Å². The van der Waals surface area contributed by atoms with Crippen LogP contribution in [0.15, 0.2) is 32.8 Å². The molecule has 3 aromatic rings. The van der Waals surface area contributed by atoms with E-state index in [9.17, 15) is 4.79 Å². The summed E-state index contributed by atoms with van der Waals surface area (Å²) in [7, 11) is 1.62. The van der Waals surface area contributed by atoms with Gasteiger partial charge in [-0.1, -0.05) is 6.92 Å². The van der Waals surface area contributed by atoms with Gasteiger partial charge in [-0.2, -0.15) is 0 Å². The minimum Gasteiger partial charge on any atom is -0.496 e. The fourth-order valence-electron chi connectivity index (χ4n) is 2.33. The van der Waals surface area contributed by atoms with Gasteiger partial charge in [-0.25, -0.2) is 9.78 Å². The molecule has 4 nitrogen and oxygen atoms in total. The van der Waals surface area contributed by atoms with E-state index in [-0.39, 0.29) is 5.63 Å². The Balaban J connectivity index is 2.25. The van der Waals surface area contributed by atoms with Crippen LogP contribution in [0.5, 0.6) is 5.75 Å². The maximum absolute atomic E-state index is 12.2. The topological polar surface area (TPSA) is 52.3 Å². The number of hydrogen-bond donors (Lipinski definition) is 0. The summed E-state index contributed by atoms with van der Waals surface area (Å²) in [5.41, 5.74) is 2.41. The molecule has 0 aliphatic carbocycles. The molecule has 0 spiro atoms. The minimum atomic E-state index is -0.376. The molecule has 0 atom stereocenters. The van der Waals surface area contributed by atoms with E-state index >= 15 is 0 Å². The molecule has 0 saturated carbocycles. The highest BCUT2D eigenvalue weighted by molar-refractivity contribution is 7.09. The van der Waals surface area contributed by atoms with Gasteiger partial charge in [-0.3, -0.25) is 0 Å². The number of fused-ring (bicyclic) bond motifs is 1. The van der Waals surface area contributed by atoms with E-state index in [4.69, 9.17) is 9.15 Å². The molecular formula is C16H15NO3S. The maximum atomic E-state index is 12.2. The molecule has 0 saturated heterocycles. The Hall–Kier alpha value is -2.14. The van der Waals surface area contributed by atoms with Crippen LogP contribution in [-0.4, -0.2) is 12.1 Å². The number of aromatic nitrogens is 1. The zero-order valence-corrected chi connectivity index (χ0v) is 12.9. The van der Waals surface area contributed by atoms with Crippen LogP contribution in [0.4, 0.5) is 0 Å². The number of nitrogens with zero attached hydrogens (tertiary/aromatic N) is 1.